The molecule has 5 heteroatoms. The topological polar surface area (TPSA) is 54.0 Å². The molecular formula is C15H17N3OS. The van der Waals surface area contributed by atoms with Crippen molar-refractivity contribution < 1.29 is 4.79 Å². The van der Waals surface area contributed by atoms with Crippen molar-refractivity contribution in [1.29, 1.82) is 0 Å². The molecule has 1 aliphatic rings. The van der Waals surface area contributed by atoms with Crippen LogP contribution in [0.4, 0.5) is 10.8 Å². The zero-order valence-electron chi connectivity index (χ0n) is 11.6. The molecule has 0 atom stereocenters. The van der Waals surface area contributed by atoms with Gasteiger partial charge in [-0.2, -0.15) is 0 Å². The van der Waals surface area contributed by atoms with Gasteiger partial charge >= 0.3 is 0 Å². The smallest absolute Gasteiger partial charge is 0.257 e. The minimum Gasteiger partial charge on any atom is -0.388 e. The molecule has 2 aromatic rings. The van der Waals surface area contributed by atoms with Crippen molar-refractivity contribution in [1.82, 2.24) is 4.98 Å². The zero-order chi connectivity index (χ0) is 14.1. The van der Waals surface area contributed by atoms with Crippen LogP contribution in [0, 0.1) is 6.92 Å². The molecule has 0 fully saturated rings. The van der Waals surface area contributed by atoms with Crippen molar-refractivity contribution in [3.63, 3.8) is 0 Å². The van der Waals surface area contributed by atoms with Crippen LogP contribution in [-0.2, 0) is 12.8 Å². The molecule has 0 unspecified atom stereocenters. The van der Waals surface area contributed by atoms with Gasteiger partial charge in [0.15, 0.2) is 5.13 Å². The van der Waals surface area contributed by atoms with Crippen molar-refractivity contribution >= 4 is 28.1 Å². The molecule has 1 aromatic heterocycles. The Bertz CT molecular complexity index is 642. The summed E-state index contributed by atoms with van der Waals surface area (Å²) in [4.78, 5) is 18.1. The summed E-state index contributed by atoms with van der Waals surface area (Å²) in [5, 5.41) is 6.70. The van der Waals surface area contributed by atoms with Gasteiger partial charge in [0.1, 0.15) is 0 Å². The highest BCUT2D eigenvalue weighted by Gasteiger charge is 2.18. The van der Waals surface area contributed by atoms with E-state index in [2.05, 4.69) is 15.6 Å². The lowest BCUT2D eigenvalue weighted by molar-refractivity contribution is 0.102. The standard InChI is InChI=1S/C15H17N3OS/c1-9-8-10(16-2)6-7-11(9)14(19)18-15-17-12-4-3-5-13(12)20-15/h6-8,16H,3-5H2,1-2H3,(H,17,18,19). The minimum atomic E-state index is -0.0856. The Morgan fingerprint density at radius 1 is 1.35 bits per heavy atom. The van der Waals surface area contributed by atoms with Crippen molar-refractivity contribution in [2.75, 3.05) is 17.7 Å². The fraction of sp³-hybridized carbons (Fsp3) is 0.333. The molecule has 0 radical (unpaired) electrons. The van der Waals surface area contributed by atoms with E-state index in [1.54, 1.807) is 11.3 Å². The van der Waals surface area contributed by atoms with Gasteiger partial charge in [0.25, 0.3) is 5.91 Å². The van der Waals surface area contributed by atoms with Crippen LogP contribution in [0.15, 0.2) is 18.2 Å². The van der Waals surface area contributed by atoms with Gasteiger partial charge < -0.3 is 5.32 Å². The lowest BCUT2D eigenvalue weighted by atomic mass is 10.1. The molecule has 3 rings (SSSR count). The second kappa shape index (κ2) is 5.25. The van der Waals surface area contributed by atoms with E-state index in [0.29, 0.717) is 5.56 Å². The van der Waals surface area contributed by atoms with Crippen molar-refractivity contribution in [3.8, 4) is 0 Å². The quantitative estimate of drug-likeness (QED) is 0.911. The summed E-state index contributed by atoms with van der Waals surface area (Å²) in [6, 6.07) is 5.72. The predicted molar refractivity (Wildman–Crippen MR) is 82.8 cm³/mol. The molecule has 1 amide bonds. The molecule has 0 saturated carbocycles. The Balaban J connectivity index is 1.78. The van der Waals surface area contributed by atoms with E-state index < -0.39 is 0 Å². The van der Waals surface area contributed by atoms with Crippen LogP contribution in [0.25, 0.3) is 0 Å². The molecule has 0 spiro atoms. The third-order valence-corrected chi connectivity index (χ3v) is 4.65. The number of rotatable bonds is 3. The Hall–Kier alpha value is -1.88. The third-order valence-electron chi connectivity index (χ3n) is 3.58. The Morgan fingerprint density at radius 3 is 2.90 bits per heavy atom. The molecule has 1 heterocycles. The summed E-state index contributed by atoms with van der Waals surface area (Å²) >= 11 is 1.60. The number of anilines is 2. The average Bonchev–Trinajstić information content (AvgIpc) is 2.99. The molecule has 0 bridgehead atoms. The van der Waals surface area contributed by atoms with E-state index in [-0.39, 0.29) is 5.91 Å². The van der Waals surface area contributed by atoms with Gasteiger partial charge in [-0.1, -0.05) is 0 Å². The van der Waals surface area contributed by atoms with Crippen LogP contribution in [0.5, 0.6) is 0 Å². The molecule has 2 N–H and O–H groups in total. The zero-order valence-corrected chi connectivity index (χ0v) is 12.4. The highest BCUT2D eigenvalue weighted by molar-refractivity contribution is 7.16. The normalized spacial score (nSPS) is 13.1. The number of carbonyl (C=O) groups excluding carboxylic acids is 1. The third kappa shape index (κ3) is 2.41. The van der Waals surface area contributed by atoms with Crippen LogP contribution in [-0.4, -0.2) is 17.9 Å². The molecule has 0 aliphatic heterocycles. The highest BCUT2D eigenvalue weighted by atomic mass is 32.1. The largest absolute Gasteiger partial charge is 0.388 e. The Labute approximate surface area is 122 Å². The molecule has 20 heavy (non-hydrogen) atoms. The van der Waals surface area contributed by atoms with Gasteiger partial charge in [0.05, 0.1) is 5.69 Å². The minimum absolute atomic E-state index is 0.0856. The van der Waals surface area contributed by atoms with E-state index in [1.165, 1.54) is 11.3 Å². The van der Waals surface area contributed by atoms with E-state index >= 15 is 0 Å². The maximum atomic E-state index is 12.3. The molecule has 0 saturated heterocycles. The van der Waals surface area contributed by atoms with Crippen LogP contribution < -0.4 is 10.6 Å². The van der Waals surface area contributed by atoms with Gasteiger partial charge in [-0.25, -0.2) is 4.98 Å². The van der Waals surface area contributed by atoms with Crippen LogP contribution in [0.2, 0.25) is 0 Å². The van der Waals surface area contributed by atoms with Crippen LogP contribution >= 0.6 is 11.3 Å². The van der Waals surface area contributed by atoms with Gasteiger partial charge in [0, 0.05) is 23.2 Å². The first-order valence-corrected chi connectivity index (χ1v) is 7.57. The first-order valence-electron chi connectivity index (χ1n) is 6.75. The number of amides is 1. The summed E-state index contributed by atoms with van der Waals surface area (Å²) in [6.07, 6.45) is 3.32. The number of nitrogens with zero attached hydrogens (tertiary/aromatic N) is 1. The van der Waals surface area contributed by atoms with Crippen LogP contribution in [0.1, 0.15) is 32.9 Å². The number of hydrogen-bond donors (Lipinski definition) is 2. The van der Waals surface area contributed by atoms with E-state index in [4.69, 9.17) is 0 Å². The highest BCUT2D eigenvalue weighted by Crippen LogP contribution is 2.30. The van der Waals surface area contributed by atoms with E-state index in [0.717, 1.165) is 34.9 Å². The average molecular weight is 287 g/mol. The fourth-order valence-electron chi connectivity index (χ4n) is 2.48. The first kappa shape index (κ1) is 13.1. The first-order chi connectivity index (χ1) is 9.67. The number of fused-ring (bicyclic) bond motifs is 1. The summed E-state index contributed by atoms with van der Waals surface area (Å²) in [5.41, 5.74) is 3.82. The number of benzene rings is 1. The van der Waals surface area contributed by atoms with E-state index in [9.17, 15) is 4.79 Å². The summed E-state index contributed by atoms with van der Waals surface area (Å²) in [5.74, 6) is -0.0856. The van der Waals surface area contributed by atoms with Crippen molar-refractivity contribution in [2.24, 2.45) is 0 Å². The van der Waals surface area contributed by atoms with Gasteiger partial charge in [-0.05, 0) is 49.9 Å². The predicted octanol–water partition coefficient (Wildman–Crippen LogP) is 3.23. The SMILES string of the molecule is CNc1ccc(C(=O)Nc2nc3c(s2)CCC3)c(C)c1. The molecule has 1 aromatic carbocycles. The molecule has 1 aliphatic carbocycles. The monoisotopic (exact) mass is 287 g/mol. The molecular weight excluding hydrogens is 270 g/mol. The second-order valence-corrected chi connectivity index (χ2v) is 6.06. The van der Waals surface area contributed by atoms with Crippen LogP contribution in [0.3, 0.4) is 0 Å². The number of hydrogen-bond acceptors (Lipinski definition) is 4. The summed E-state index contributed by atoms with van der Waals surface area (Å²) in [6.45, 7) is 1.94. The maximum Gasteiger partial charge on any atom is 0.257 e. The van der Waals surface area contributed by atoms with Gasteiger partial charge in [-0.3, -0.25) is 10.1 Å². The maximum absolute atomic E-state index is 12.3. The molecule has 104 valence electrons. The number of nitrogens with one attached hydrogen (secondary N) is 2. The van der Waals surface area contributed by atoms with Crippen molar-refractivity contribution in [3.05, 3.63) is 39.9 Å². The Morgan fingerprint density at radius 2 is 2.20 bits per heavy atom. The summed E-state index contributed by atoms with van der Waals surface area (Å²) < 4.78 is 0. The second-order valence-electron chi connectivity index (χ2n) is 4.98. The van der Waals surface area contributed by atoms with Gasteiger partial charge in [-0.15, -0.1) is 11.3 Å². The Kier molecular flexibility index (Phi) is 3.44. The number of carbonyl (C=O) groups is 1. The lowest BCUT2D eigenvalue weighted by Gasteiger charge is -2.07. The number of aryl methyl sites for hydroxylation is 3. The van der Waals surface area contributed by atoms with Crippen molar-refractivity contribution in [2.45, 2.75) is 26.2 Å². The van der Waals surface area contributed by atoms with E-state index in [1.807, 2.05) is 32.2 Å². The lowest BCUT2D eigenvalue weighted by Crippen LogP contribution is -2.13. The number of aromatic nitrogens is 1. The fourth-order valence-corrected chi connectivity index (χ4v) is 3.53. The number of thiazole rings is 1. The molecule has 4 nitrogen and oxygen atoms in total. The summed E-state index contributed by atoms with van der Waals surface area (Å²) in [7, 11) is 1.87. The van der Waals surface area contributed by atoms with Gasteiger partial charge in [0.2, 0.25) is 0 Å².